The van der Waals surface area contributed by atoms with Gasteiger partial charge in [-0.15, -0.1) is 0 Å². The van der Waals surface area contributed by atoms with Crippen LogP contribution in [0.25, 0.3) is 0 Å². The van der Waals surface area contributed by atoms with Crippen molar-refractivity contribution in [3.8, 4) is 5.75 Å². The number of fused-ring (bicyclic) bond motifs is 3. The number of hydrogen-bond acceptors (Lipinski definition) is 3. The van der Waals surface area contributed by atoms with Gasteiger partial charge in [-0.1, -0.05) is 6.07 Å². The number of halogens is 1. The van der Waals surface area contributed by atoms with Gasteiger partial charge in [0.25, 0.3) is 5.91 Å². The second kappa shape index (κ2) is 3.94. The lowest BCUT2D eigenvalue weighted by atomic mass is 9.81. The SMILES string of the molecule is O=C(O)Oc1ccc2c(c1)NC(=O)C1(F)CCCC21. The highest BCUT2D eigenvalue weighted by molar-refractivity contribution is 6.02. The summed E-state index contributed by atoms with van der Waals surface area (Å²) in [6.45, 7) is 0. The molecule has 0 spiro atoms. The van der Waals surface area contributed by atoms with Gasteiger partial charge >= 0.3 is 6.16 Å². The predicted octanol–water partition coefficient (Wildman–Crippen LogP) is 2.67. The molecule has 0 bridgehead atoms. The molecule has 2 atom stereocenters. The average Bonchev–Trinajstić information content (AvgIpc) is 2.72. The Morgan fingerprint density at radius 2 is 2.32 bits per heavy atom. The molecule has 0 saturated heterocycles. The van der Waals surface area contributed by atoms with Crippen LogP contribution >= 0.6 is 0 Å². The summed E-state index contributed by atoms with van der Waals surface area (Å²) in [5.41, 5.74) is -0.691. The van der Waals surface area contributed by atoms with E-state index >= 15 is 0 Å². The number of carbonyl (C=O) groups is 2. The van der Waals surface area contributed by atoms with Gasteiger partial charge < -0.3 is 15.2 Å². The number of rotatable bonds is 1. The van der Waals surface area contributed by atoms with Crippen molar-refractivity contribution in [1.82, 2.24) is 0 Å². The molecular formula is C13H12FNO4. The second-order valence-electron chi connectivity index (χ2n) is 4.88. The van der Waals surface area contributed by atoms with Crippen LogP contribution < -0.4 is 10.1 Å². The molecule has 1 aromatic rings. The van der Waals surface area contributed by atoms with E-state index in [1.54, 1.807) is 6.07 Å². The average molecular weight is 265 g/mol. The number of amides is 1. The summed E-state index contributed by atoms with van der Waals surface area (Å²) in [7, 11) is 0. The highest BCUT2D eigenvalue weighted by Crippen LogP contribution is 2.51. The fourth-order valence-electron chi connectivity index (χ4n) is 2.98. The first-order valence-corrected chi connectivity index (χ1v) is 6.06. The number of alkyl halides is 1. The monoisotopic (exact) mass is 265 g/mol. The van der Waals surface area contributed by atoms with E-state index in [2.05, 4.69) is 10.1 Å². The quantitative estimate of drug-likeness (QED) is 0.604. The van der Waals surface area contributed by atoms with Crippen molar-refractivity contribution in [2.45, 2.75) is 30.8 Å². The molecular weight excluding hydrogens is 253 g/mol. The summed E-state index contributed by atoms with van der Waals surface area (Å²) in [5.74, 6) is -0.985. The Kier molecular flexibility index (Phi) is 2.48. The summed E-state index contributed by atoms with van der Waals surface area (Å²) < 4.78 is 19.1. The first kappa shape index (κ1) is 12.0. The lowest BCUT2D eigenvalue weighted by molar-refractivity contribution is -0.128. The first-order chi connectivity index (χ1) is 9.00. The van der Waals surface area contributed by atoms with E-state index in [-0.39, 0.29) is 12.2 Å². The first-order valence-electron chi connectivity index (χ1n) is 6.06. The maximum atomic E-state index is 14.6. The van der Waals surface area contributed by atoms with Gasteiger partial charge in [-0.25, -0.2) is 9.18 Å². The Morgan fingerprint density at radius 3 is 3.05 bits per heavy atom. The Labute approximate surface area is 108 Å². The van der Waals surface area contributed by atoms with E-state index < -0.39 is 23.6 Å². The molecule has 2 N–H and O–H groups in total. The van der Waals surface area contributed by atoms with Crippen LogP contribution in [0.2, 0.25) is 0 Å². The summed E-state index contributed by atoms with van der Waals surface area (Å²) in [5, 5.41) is 11.0. The maximum Gasteiger partial charge on any atom is 0.511 e. The molecule has 100 valence electrons. The van der Waals surface area contributed by atoms with Crippen LogP contribution in [0.5, 0.6) is 5.75 Å². The van der Waals surface area contributed by atoms with Crippen LogP contribution in [0.4, 0.5) is 14.9 Å². The van der Waals surface area contributed by atoms with Gasteiger partial charge in [-0.3, -0.25) is 4.79 Å². The summed E-state index contributed by atoms with van der Waals surface area (Å²) >= 11 is 0. The van der Waals surface area contributed by atoms with Crippen LogP contribution in [-0.2, 0) is 4.79 Å². The van der Waals surface area contributed by atoms with E-state index in [1.165, 1.54) is 12.1 Å². The van der Waals surface area contributed by atoms with E-state index in [0.717, 1.165) is 0 Å². The number of carbonyl (C=O) groups excluding carboxylic acids is 1. The molecule has 3 rings (SSSR count). The predicted molar refractivity (Wildman–Crippen MR) is 64.2 cm³/mol. The second-order valence-corrected chi connectivity index (χ2v) is 4.88. The van der Waals surface area contributed by atoms with E-state index in [0.29, 0.717) is 24.1 Å². The lowest BCUT2D eigenvalue weighted by Gasteiger charge is -2.33. The topological polar surface area (TPSA) is 75.6 Å². The summed E-state index contributed by atoms with van der Waals surface area (Å²) in [6.07, 6.45) is 0.0936. The fraction of sp³-hybridized carbons (Fsp3) is 0.385. The number of ether oxygens (including phenoxy) is 1. The standard InChI is InChI=1S/C13H12FNO4/c14-13-5-1-2-9(13)8-4-3-7(19-12(17)18)6-10(8)15-11(13)16/h3-4,6,9H,1-2,5H2,(H,15,16)(H,17,18). The molecule has 0 aromatic heterocycles. The minimum Gasteiger partial charge on any atom is -0.449 e. The molecule has 2 aliphatic rings. The number of anilines is 1. The van der Waals surface area contributed by atoms with Crippen LogP contribution in [-0.4, -0.2) is 22.8 Å². The van der Waals surface area contributed by atoms with Crippen LogP contribution in [0, 0.1) is 0 Å². The Balaban J connectivity index is 2.02. The number of hydrogen-bond donors (Lipinski definition) is 2. The maximum absolute atomic E-state index is 14.6. The zero-order valence-corrected chi connectivity index (χ0v) is 9.98. The van der Waals surface area contributed by atoms with E-state index in [1.807, 2.05) is 0 Å². The third kappa shape index (κ3) is 1.75. The van der Waals surface area contributed by atoms with Crippen molar-refractivity contribution < 1.29 is 23.8 Å². The largest absolute Gasteiger partial charge is 0.511 e. The summed E-state index contributed by atoms with van der Waals surface area (Å²) in [6, 6.07) is 4.51. The van der Waals surface area contributed by atoms with Gasteiger partial charge in [0.15, 0.2) is 5.67 Å². The minimum absolute atomic E-state index is 0.107. The van der Waals surface area contributed by atoms with Crippen molar-refractivity contribution in [3.63, 3.8) is 0 Å². The molecule has 19 heavy (non-hydrogen) atoms. The highest BCUT2D eigenvalue weighted by atomic mass is 19.1. The molecule has 6 heteroatoms. The molecule has 5 nitrogen and oxygen atoms in total. The zero-order chi connectivity index (χ0) is 13.6. The zero-order valence-electron chi connectivity index (χ0n) is 9.98. The van der Waals surface area contributed by atoms with Gasteiger partial charge in [0.2, 0.25) is 0 Å². The van der Waals surface area contributed by atoms with Crippen molar-refractivity contribution in [1.29, 1.82) is 0 Å². The number of nitrogens with one attached hydrogen (secondary N) is 1. The Bertz CT molecular complexity index is 574. The van der Waals surface area contributed by atoms with Crippen LogP contribution in [0.1, 0.15) is 30.7 Å². The Morgan fingerprint density at radius 1 is 1.53 bits per heavy atom. The van der Waals surface area contributed by atoms with E-state index in [4.69, 9.17) is 5.11 Å². The normalized spacial score (nSPS) is 28.3. The molecule has 1 aliphatic heterocycles. The molecule has 0 radical (unpaired) electrons. The van der Waals surface area contributed by atoms with Crippen molar-refractivity contribution >= 4 is 17.7 Å². The van der Waals surface area contributed by atoms with Gasteiger partial charge in [-0.05, 0) is 30.9 Å². The van der Waals surface area contributed by atoms with Gasteiger partial charge in [0, 0.05) is 17.7 Å². The molecule has 1 aromatic carbocycles. The van der Waals surface area contributed by atoms with Crippen molar-refractivity contribution in [2.75, 3.05) is 5.32 Å². The van der Waals surface area contributed by atoms with Crippen LogP contribution in [0.15, 0.2) is 18.2 Å². The number of benzene rings is 1. The fourth-order valence-corrected chi connectivity index (χ4v) is 2.98. The smallest absolute Gasteiger partial charge is 0.449 e. The van der Waals surface area contributed by atoms with Crippen molar-refractivity contribution in [3.05, 3.63) is 23.8 Å². The van der Waals surface area contributed by atoms with E-state index in [9.17, 15) is 14.0 Å². The highest BCUT2D eigenvalue weighted by Gasteiger charge is 2.53. The third-order valence-electron chi connectivity index (χ3n) is 3.82. The Hall–Kier alpha value is -2.11. The molecule has 1 fully saturated rings. The van der Waals surface area contributed by atoms with Gasteiger partial charge in [0.05, 0.1) is 0 Å². The van der Waals surface area contributed by atoms with Gasteiger partial charge in [0.1, 0.15) is 5.75 Å². The molecule has 1 aliphatic carbocycles. The molecule has 1 heterocycles. The molecule has 1 saturated carbocycles. The third-order valence-corrected chi connectivity index (χ3v) is 3.82. The summed E-state index contributed by atoms with van der Waals surface area (Å²) in [4.78, 5) is 22.3. The molecule has 2 unspecified atom stereocenters. The van der Waals surface area contributed by atoms with Gasteiger partial charge in [-0.2, -0.15) is 0 Å². The molecule has 1 amide bonds. The van der Waals surface area contributed by atoms with Crippen LogP contribution in [0.3, 0.4) is 0 Å². The lowest BCUT2D eigenvalue weighted by Crippen LogP contribution is -2.44. The van der Waals surface area contributed by atoms with Crippen molar-refractivity contribution in [2.24, 2.45) is 0 Å². The number of carboxylic acid groups (broad SMARTS) is 1. The minimum atomic E-state index is -1.83.